The van der Waals surface area contributed by atoms with Crippen molar-refractivity contribution >= 4 is 18.3 Å². The third-order valence-electron chi connectivity index (χ3n) is 4.70. The molecule has 7 heteroatoms. The number of benzene rings is 2. The van der Waals surface area contributed by atoms with Gasteiger partial charge in [0.1, 0.15) is 17.4 Å². The molecule has 2 aromatic rings. The molecule has 0 aliphatic carbocycles. The van der Waals surface area contributed by atoms with Crippen LogP contribution in [0.5, 0.6) is 5.75 Å². The first kappa shape index (κ1) is 21.1. The van der Waals surface area contributed by atoms with Crippen LogP contribution in [0.15, 0.2) is 36.4 Å². The molecule has 1 heterocycles. The highest BCUT2D eigenvalue weighted by atomic mass is 35.5. The van der Waals surface area contributed by atoms with Gasteiger partial charge in [-0.15, -0.1) is 12.4 Å². The van der Waals surface area contributed by atoms with Gasteiger partial charge in [-0.1, -0.05) is 6.07 Å². The Labute approximate surface area is 163 Å². The smallest absolute Gasteiger partial charge is 0.254 e. The SMILES string of the molecule is COc1ccc(-c2ccc(C(=O)NCCC3CCNC3)c(F)c2)c(F)c1.Cl. The Kier molecular flexibility index (Phi) is 7.56. The quantitative estimate of drug-likeness (QED) is 0.781. The maximum absolute atomic E-state index is 14.4. The average molecular weight is 397 g/mol. The van der Waals surface area contributed by atoms with Crippen LogP contribution < -0.4 is 15.4 Å². The summed E-state index contributed by atoms with van der Waals surface area (Å²) in [4.78, 5) is 12.2. The number of ether oxygens (including phenoxy) is 1. The number of carbonyl (C=O) groups excluding carboxylic acids is 1. The number of carbonyl (C=O) groups is 1. The number of halogens is 3. The molecule has 2 aromatic carbocycles. The summed E-state index contributed by atoms with van der Waals surface area (Å²) in [6, 6.07) is 8.49. The number of methoxy groups -OCH3 is 1. The van der Waals surface area contributed by atoms with E-state index >= 15 is 0 Å². The summed E-state index contributed by atoms with van der Waals surface area (Å²) in [5, 5.41) is 6.03. The molecule has 146 valence electrons. The Morgan fingerprint density at radius 3 is 2.67 bits per heavy atom. The van der Waals surface area contributed by atoms with E-state index in [9.17, 15) is 13.6 Å². The lowest BCUT2D eigenvalue weighted by molar-refractivity contribution is 0.0947. The summed E-state index contributed by atoms with van der Waals surface area (Å²) >= 11 is 0. The van der Waals surface area contributed by atoms with E-state index in [0.717, 1.165) is 25.9 Å². The minimum absolute atomic E-state index is 0. The first-order valence-electron chi connectivity index (χ1n) is 8.71. The molecule has 1 amide bonds. The molecule has 1 saturated heterocycles. The minimum atomic E-state index is -0.669. The highest BCUT2D eigenvalue weighted by Crippen LogP contribution is 2.27. The van der Waals surface area contributed by atoms with Crippen LogP contribution in [0.2, 0.25) is 0 Å². The first-order chi connectivity index (χ1) is 12.6. The zero-order chi connectivity index (χ0) is 18.5. The highest BCUT2D eigenvalue weighted by Gasteiger charge is 2.17. The van der Waals surface area contributed by atoms with Gasteiger partial charge in [-0.05, 0) is 61.7 Å². The molecular formula is C20H23ClF2N2O2. The van der Waals surface area contributed by atoms with Gasteiger partial charge in [-0.25, -0.2) is 8.78 Å². The first-order valence-corrected chi connectivity index (χ1v) is 8.71. The molecule has 0 saturated carbocycles. The van der Waals surface area contributed by atoms with Gasteiger partial charge in [0.15, 0.2) is 0 Å². The van der Waals surface area contributed by atoms with E-state index in [0.29, 0.717) is 23.8 Å². The molecule has 1 aliphatic rings. The highest BCUT2D eigenvalue weighted by molar-refractivity contribution is 5.95. The predicted molar refractivity (Wildman–Crippen MR) is 104 cm³/mol. The number of nitrogens with one attached hydrogen (secondary N) is 2. The minimum Gasteiger partial charge on any atom is -0.497 e. The summed E-state index contributed by atoms with van der Waals surface area (Å²) < 4.78 is 33.5. The lowest BCUT2D eigenvalue weighted by atomic mass is 10.0. The molecule has 1 unspecified atom stereocenters. The third-order valence-corrected chi connectivity index (χ3v) is 4.70. The fourth-order valence-corrected chi connectivity index (χ4v) is 3.17. The van der Waals surface area contributed by atoms with Gasteiger partial charge in [-0.3, -0.25) is 4.79 Å². The summed E-state index contributed by atoms with van der Waals surface area (Å²) in [5.41, 5.74) is 0.592. The zero-order valence-electron chi connectivity index (χ0n) is 15.1. The summed E-state index contributed by atoms with van der Waals surface area (Å²) in [6.45, 7) is 2.49. The maximum Gasteiger partial charge on any atom is 0.254 e. The van der Waals surface area contributed by atoms with Crippen LogP contribution in [-0.2, 0) is 0 Å². The molecule has 0 bridgehead atoms. The van der Waals surface area contributed by atoms with E-state index < -0.39 is 17.5 Å². The summed E-state index contributed by atoms with van der Waals surface area (Å²) in [6.07, 6.45) is 1.97. The second-order valence-corrected chi connectivity index (χ2v) is 6.44. The number of rotatable bonds is 6. The third kappa shape index (κ3) is 5.17. The number of hydrogen-bond acceptors (Lipinski definition) is 3. The second-order valence-electron chi connectivity index (χ2n) is 6.44. The molecule has 0 spiro atoms. The monoisotopic (exact) mass is 396 g/mol. The molecule has 1 fully saturated rings. The molecular weight excluding hydrogens is 374 g/mol. The van der Waals surface area contributed by atoms with Crippen molar-refractivity contribution in [3.63, 3.8) is 0 Å². The van der Waals surface area contributed by atoms with E-state index in [2.05, 4.69) is 10.6 Å². The molecule has 1 aliphatic heterocycles. The van der Waals surface area contributed by atoms with Crippen molar-refractivity contribution in [2.24, 2.45) is 5.92 Å². The largest absolute Gasteiger partial charge is 0.497 e. The number of amides is 1. The van der Waals surface area contributed by atoms with E-state index in [4.69, 9.17) is 4.74 Å². The fraction of sp³-hybridized carbons (Fsp3) is 0.350. The summed E-state index contributed by atoms with van der Waals surface area (Å²) in [7, 11) is 1.45. The van der Waals surface area contributed by atoms with E-state index in [1.54, 1.807) is 12.1 Å². The molecule has 1 atom stereocenters. The van der Waals surface area contributed by atoms with E-state index in [-0.39, 0.29) is 23.5 Å². The Morgan fingerprint density at radius 2 is 2.04 bits per heavy atom. The van der Waals surface area contributed by atoms with Crippen molar-refractivity contribution in [3.8, 4) is 16.9 Å². The van der Waals surface area contributed by atoms with Crippen molar-refractivity contribution < 1.29 is 18.3 Å². The molecule has 3 rings (SSSR count). The lowest BCUT2D eigenvalue weighted by Gasteiger charge is -2.11. The van der Waals surface area contributed by atoms with Crippen molar-refractivity contribution in [1.82, 2.24) is 10.6 Å². The molecule has 0 aromatic heterocycles. The molecule has 27 heavy (non-hydrogen) atoms. The van der Waals surface area contributed by atoms with Crippen molar-refractivity contribution in [1.29, 1.82) is 0 Å². The molecule has 4 nitrogen and oxygen atoms in total. The van der Waals surface area contributed by atoms with Crippen molar-refractivity contribution in [2.75, 3.05) is 26.7 Å². The normalized spacial score (nSPS) is 15.9. The standard InChI is InChI=1S/C20H22F2N2O2.ClH/c1-26-15-3-5-16(19(22)11-15)14-2-4-17(18(21)10-14)20(25)24-9-7-13-6-8-23-12-13;/h2-5,10-11,13,23H,6-9,12H2,1H3,(H,24,25);1H. The van der Waals surface area contributed by atoms with Crippen LogP contribution in [-0.4, -0.2) is 32.7 Å². The van der Waals surface area contributed by atoms with Crippen LogP contribution in [0.3, 0.4) is 0 Å². The van der Waals surface area contributed by atoms with Crippen LogP contribution in [0.1, 0.15) is 23.2 Å². The van der Waals surface area contributed by atoms with Gasteiger partial charge in [0.2, 0.25) is 0 Å². The van der Waals surface area contributed by atoms with E-state index in [1.165, 1.54) is 31.4 Å². The van der Waals surface area contributed by atoms with E-state index in [1.807, 2.05) is 0 Å². The topological polar surface area (TPSA) is 50.4 Å². The Morgan fingerprint density at radius 1 is 1.22 bits per heavy atom. The maximum atomic E-state index is 14.4. The van der Waals surface area contributed by atoms with Gasteiger partial charge in [0, 0.05) is 18.2 Å². The molecule has 0 radical (unpaired) electrons. The Hall–Kier alpha value is -2.18. The van der Waals surface area contributed by atoms with Gasteiger partial charge in [0.25, 0.3) is 5.91 Å². The Bertz CT molecular complexity index is 796. The van der Waals surface area contributed by atoms with Crippen LogP contribution in [0, 0.1) is 17.6 Å². The van der Waals surface area contributed by atoms with Crippen molar-refractivity contribution in [2.45, 2.75) is 12.8 Å². The van der Waals surface area contributed by atoms with Gasteiger partial charge in [0.05, 0.1) is 12.7 Å². The predicted octanol–water partition coefficient (Wildman–Crippen LogP) is 3.79. The molecule has 2 N–H and O–H groups in total. The Balaban J connectivity index is 0.00000261. The van der Waals surface area contributed by atoms with Crippen LogP contribution >= 0.6 is 12.4 Å². The van der Waals surface area contributed by atoms with Gasteiger partial charge in [-0.2, -0.15) is 0 Å². The van der Waals surface area contributed by atoms with Gasteiger partial charge < -0.3 is 15.4 Å². The van der Waals surface area contributed by atoms with Crippen LogP contribution in [0.25, 0.3) is 11.1 Å². The van der Waals surface area contributed by atoms with Gasteiger partial charge >= 0.3 is 0 Å². The summed E-state index contributed by atoms with van der Waals surface area (Å²) in [5.74, 6) is -0.681. The second kappa shape index (κ2) is 9.67. The average Bonchev–Trinajstić information content (AvgIpc) is 3.14. The number of hydrogen-bond donors (Lipinski definition) is 2. The van der Waals surface area contributed by atoms with Crippen LogP contribution in [0.4, 0.5) is 8.78 Å². The van der Waals surface area contributed by atoms with Crippen molar-refractivity contribution in [3.05, 3.63) is 53.6 Å². The zero-order valence-corrected chi connectivity index (χ0v) is 15.9. The fourth-order valence-electron chi connectivity index (χ4n) is 3.17. The lowest BCUT2D eigenvalue weighted by Crippen LogP contribution is -2.27.